The van der Waals surface area contributed by atoms with Crippen LogP contribution < -0.4 is 14.9 Å². The minimum Gasteiger partial charge on any atom is -0.378 e. The van der Waals surface area contributed by atoms with E-state index < -0.39 is 22.5 Å². The molecule has 10 nitrogen and oxygen atoms in total. The van der Waals surface area contributed by atoms with Gasteiger partial charge in [-0.2, -0.15) is 0 Å². The Kier molecular flexibility index (Phi) is 9.05. The highest BCUT2D eigenvalue weighted by Crippen LogP contribution is 2.21. The quantitative estimate of drug-likeness (QED) is 0.525. The molecule has 0 unspecified atom stereocenters. The van der Waals surface area contributed by atoms with E-state index in [4.69, 9.17) is 4.74 Å². The highest BCUT2D eigenvalue weighted by atomic mass is 32.2. The van der Waals surface area contributed by atoms with Gasteiger partial charge in [0.15, 0.2) is 0 Å². The first-order chi connectivity index (χ1) is 17.1. The highest BCUT2D eigenvalue weighted by molar-refractivity contribution is 7.92. The lowest BCUT2D eigenvalue weighted by atomic mass is 10.1. The molecule has 1 saturated heterocycles. The molecule has 11 heteroatoms. The number of benzene rings is 2. The SMILES string of the molecule is CC(C)CNC(=O)c1ccccc1NC(=O)CN(c1ccc(C(=O)N2CCOCC2)cc1)S(C)(=O)=O. The van der Waals surface area contributed by atoms with Gasteiger partial charge in [-0.3, -0.25) is 18.7 Å². The van der Waals surface area contributed by atoms with Crippen LogP contribution in [0.4, 0.5) is 11.4 Å². The molecule has 3 amide bonds. The molecule has 2 aromatic rings. The fraction of sp³-hybridized carbons (Fsp3) is 0.400. The number of para-hydroxylation sites is 1. The molecule has 194 valence electrons. The zero-order chi connectivity index (χ0) is 26.3. The number of rotatable bonds is 9. The molecule has 1 aliphatic heterocycles. The van der Waals surface area contributed by atoms with E-state index in [-0.39, 0.29) is 34.7 Å². The van der Waals surface area contributed by atoms with Crippen molar-refractivity contribution in [2.45, 2.75) is 13.8 Å². The molecule has 3 rings (SSSR count). The fourth-order valence-corrected chi connectivity index (χ4v) is 4.48. The lowest BCUT2D eigenvalue weighted by Gasteiger charge is -2.27. The van der Waals surface area contributed by atoms with Gasteiger partial charge in [0.05, 0.1) is 36.4 Å². The van der Waals surface area contributed by atoms with Crippen LogP contribution in [0.3, 0.4) is 0 Å². The Hall–Kier alpha value is -3.44. The summed E-state index contributed by atoms with van der Waals surface area (Å²) in [4.78, 5) is 39.7. The third-order valence-electron chi connectivity index (χ3n) is 5.50. The van der Waals surface area contributed by atoms with E-state index in [0.29, 0.717) is 38.4 Å². The number of amides is 3. The second-order valence-corrected chi connectivity index (χ2v) is 10.8. The van der Waals surface area contributed by atoms with E-state index in [1.54, 1.807) is 29.2 Å². The van der Waals surface area contributed by atoms with Crippen LogP contribution in [0.25, 0.3) is 0 Å². The summed E-state index contributed by atoms with van der Waals surface area (Å²) < 4.78 is 31.2. The van der Waals surface area contributed by atoms with Gasteiger partial charge in [-0.1, -0.05) is 26.0 Å². The summed E-state index contributed by atoms with van der Waals surface area (Å²) in [7, 11) is -3.82. The van der Waals surface area contributed by atoms with Gasteiger partial charge in [-0.25, -0.2) is 8.42 Å². The van der Waals surface area contributed by atoms with Crippen LogP contribution in [0, 0.1) is 5.92 Å². The maximum absolute atomic E-state index is 12.8. The predicted molar refractivity (Wildman–Crippen MR) is 138 cm³/mol. The Balaban J connectivity index is 1.73. The van der Waals surface area contributed by atoms with Crippen molar-refractivity contribution in [3.8, 4) is 0 Å². The van der Waals surface area contributed by atoms with E-state index >= 15 is 0 Å². The van der Waals surface area contributed by atoms with Crippen LogP contribution in [0.2, 0.25) is 0 Å². The monoisotopic (exact) mass is 516 g/mol. The average molecular weight is 517 g/mol. The molecule has 1 fully saturated rings. The molecule has 0 aromatic heterocycles. The van der Waals surface area contributed by atoms with E-state index in [9.17, 15) is 22.8 Å². The van der Waals surface area contributed by atoms with Crippen LogP contribution in [-0.4, -0.2) is 76.7 Å². The average Bonchev–Trinajstić information content (AvgIpc) is 2.85. The van der Waals surface area contributed by atoms with Crippen LogP contribution in [0.15, 0.2) is 48.5 Å². The summed E-state index contributed by atoms with van der Waals surface area (Å²) in [6, 6.07) is 12.6. The highest BCUT2D eigenvalue weighted by Gasteiger charge is 2.23. The number of carbonyl (C=O) groups excluding carboxylic acids is 3. The number of nitrogens with zero attached hydrogens (tertiary/aromatic N) is 2. The first kappa shape index (κ1) is 27.2. The zero-order valence-electron chi connectivity index (χ0n) is 20.7. The molecular weight excluding hydrogens is 484 g/mol. The second kappa shape index (κ2) is 12.0. The lowest BCUT2D eigenvalue weighted by Crippen LogP contribution is -2.40. The van der Waals surface area contributed by atoms with E-state index in [1.807, 2.05) is 13.8 Å². The largest absolute Gasteiger partial charge is 0.378 e. The molecule has 1 aliphatic rings. The molecule has 0 radical (unpaired) electrons. The maximum atomic E-state index is 12.8. The van der Waals surface area contributed by atoms with Crippen molar-refractivity contribution >= 4 is 39.1 Å². The van der Waals surface area contributed by atoms with Crippen molar-refractivity contribution in [3.63, 3.8) is 0 Å². The third kappa shape index (κ3) is 7.28. The number of sulfonamides is 1. The fourth-order valence-electron chi connectivity index (χ4n) is 3.62. The molecule has 2 N–H and O–H groups in total. The number of ether oxygens (including phenoxy) is 1. The van der Waals surface area contributed by atoms with Gasteiger partial charge >= 0.3 is 0 Å². The molecule has 0 atom stereocenters. The van der Waals surface area contributed by atoms with Crippen molar-refractivity contribution in [1.82, 2.24) is 10.2 Å². The number of anilines is 2. The van der Waals surface area contributed by atoms with Crippen molar-refractivity contribution in [2.75, 3.05) is 55.3 Å². The smallest absolute Gasteiger partial charge is 0.254 e. The van der Waals surface area contributed by atoms with Gasteiger partial charge in [-0.05, 0) is 42.3 Å². The van der Waals surface area contributed by atoms with Gasteiger partial charge in [0.2, 0.25) is 15.9 Å². The molecular formula is C25H32N4O6S. The number of carbonyl (C=O) groups is 3. The summed E-state index contributed by atoms with van der Waals surface area (Å²) in [5.74, 6) is -0.853. The van der Waals surface area contributed by atoms with Gasteiger partial charge in [0, 0.05) is 25.2 Å². The van der Waals surface area contributed by atoms with Crippen LogP contribution >= 0.6 is 0 Å². The summed E-state index contributed by atoms with van der Waals surface area (Å²) in [5.41, 5.74) is 1.22. The minimum absolute atomic E-state index is 0.166. The Morgan fingerprint density at radius 3 is 2.28 bits per heavy atom. The molecule has 0 bridgehead atoms. The normalized spacial score (nSPS) is 13.8. The standard InChI is InChI=1S/C25H32N4O6S/c1-18(2)16-26-24(31)21-6-4-5-7-22(21)27-23(30)17-29(36(3,33)34)20-10-8-19(9-11-20)25(32)28-12-14-35-15-13-28/h4-11,18H,12-17H2,1-3H3,(H,26,31)(H,27,30). The van der Waals surface area contributed by atoms with Gasteiger partial charge in [-0.15, -0.1) is 0 Å². The second-order valence-electron chi connectivity index (χ2n) is 8.92. The number of nitrogens with one attached hydrogen (secondary N) is 2. The van der Waals surface area contributed by atoms with Crippen molar-refractivity contribution in [1.29, 1.82) is 0 Å². The van der Waals surface area contributed by atoms with Crippen LogP contribution in [0.1, 0.15) is 34.6 Å². The van der Waals surface area contributed by atoms with Crippen LogP contribution in [-0.2, 0) is 19.6 Å². The van der Waals surface area contributed by atoms with Crippen molar-refractivity contribution in [2.24, 2.45) is 5.92 Å². The molecule has 0 saturated carbocycles. The molecule has 0 aliphatic carbocycles. The maximum Gasteiger partial charge on any atom is 0.254 e. The van der Waals surface area contributed by atoms with Gasteiger partial charge < -0.3 is 20.3 Å². The predicted octanol–water partition coefficient (Wildman–Crippen LogP) is 1.95. The Bertz CT molecular complexity index is 1190. The van der Waals surface area contributed by atoms with Crippen molar-refractivity contribution < 1.29 is 27.5 Å². The molecule has 36 heavy (non-hydrogen) atoms. The van der Waals surface area contributed by atoms with E-state index in [0.717, 1.165) is 10.6 Å². The number of morpholine rings is 1. The molecule has 0 spiro atoms. The first-order valence-electron chi connectivity index (χ1n) is 11.7. The zero-order valence-corrected chi connectivity index (χ0v) is 21.5. The minimum atomic E-state index is -3.82. The molecule has 1 heterocycles. The summed E-state index contributed by atoms with van der Waals surface area (Å²) in [6.45, 7) is 5.86. The van der Waals surface area contributed by atoms with Gasteiger partial charge in [0.25, 0.3) is 11.8 Å². The summed E-state index contributed by atoms with van der Waals surface area (Å²) in [6.07, 6.45) is 1.00. The van der Waals surface area contributed by atoms with Gasteiger partial charge in [0.1, 0.15) is 6.54 Å². The summed E-state index contributed by atoms with van der Waals surface area (Å²) >= 11 is 0. The van der Waals surface area contributed by atoms with E-state index in [1.165, 1.54) is 24.3 Å². The number of hydrogen-bond donors (Lipinski definition) is 2. The van der Waals surface area contributed by atoms with Crippen molar-refractivity contribution in [3.05, 3.63) is 59.7 Å². The summed E-state index contributed by atoms with van der Waals surface area (Å²) in [5, 5.41) is 5.45. The lowest BCUT2D eigenvalue weighted by molar-refractivity contribution is -0.114. The molecule has 2 aromatic carbocycles. The Morgan fingerprint density at radius 2 is 1.67 bits per heavy atom. The van der Waals surface area contributed by atoms with E-state index in [2.05, 4.69) is 10.6 Å². The number of hydrogen-bond acceptors (Lipinski definition) is 6. The first-order valence-corrected chi connectivity index (χ1v) is 13.5. The Morgan fingerprint density at radius 1 is 1.03 bits per heavy atom. The van der Waals surface area contributed by atoms with Crippen LogP contribution in [0.5, 0.6) is 0 Å². The topological polar surface area (TPSA) is 125 Å². The Labute approximate surface area is 211 Å². The third-order valence-corrected chi connectivity index (χ3v) is 6.65.